The summed E-state index contributed by atoms with van der Waals surface area (Å²) in [6.07, 6.45) is -1.12. The van der Waals surface area contributed by atoms with Crippen LogP contribution >= 0.6 is 0 Å². The van der Waals surface area contributed by atoms with Crippen LogP contribution < -0.4 is 0 Å². The van der Waals surface area contributed by atoms with Gasteiger partial charge >= 0.3 is 23.9 Å². The predicted molar refractivity (Wildman–Crippen MR) is 48.5 cm³/mol. The van der Waals surface area contributed by atoms with Crippen LogP contribution in [-0.4, -0.2) is 48.3 Å². The van der Waals surface area contributed by atoms with Crippen LogP contribution in [0.4, 0.5) is 0 Å². The zero-order valence-corrected chi connectivity index (χ0v) is 10.1. The van der Waals surface area contributed by atoms with Crippen LogP contribution in [0.3, 0.4) is 0 Å². The van der Waals surface area contributed by atoms with E-state index in [0.29, 0.717) is 0 Å². The molecule has 0 saturated heterocycles. The van der Waals surface area contributed by atoms with Crippen molar-refractivity contribution in [2.24, 2.45) is 0 Å². The van der Waals surface area contributed by atoms with Crippen LogP contribution in [0.1, 0.15) is 12.8 Å². The van der Waals surface area contributed by atoms with E-state index in [2.05, 4.69) is 9.47 Å². The van der Waals surface area contributed by atoms with Crippen LogP contribution in [0.5, 0.6) is 0 Å². The van der Waals surface area contributed by atoms with E-state index >= 15 is 0 Å². The number of carbonyl (C=O) groups excluding carboxylic acids is 2. The van der Waals surface area contributed by atoms with Crippen molar-refractivity contribution in [2.75, 3.05) is 14.2 Å². The van der Waals surface area contributed by atoms with Crippen molar-refractivity contribution in [2.45, 2.75) is 12.8 Å². The van der Waals surface area contributed by atoms with Gasteiger partial charge in [-0.3, -0.25) is 19.2 Å². The van der Waals surface area contributed by atoms with Crippen molar-refractivity contribution in [3.05, 3.63) is 0 Å². The standard InChI is InChI=1S/2C4H6O4.Ni/c2*1-8-4(7)2-3(5)6;/h2*2H2,1H3,(H,5,6);. The fraction of sp³-hybridized carbons (Fsp3) is 0.500. The maximum absolute atomic E-state index is 10.0. The van der Waals surface area contributed by atoms with E-state index in [1.54, 1.807) is 0 Å². The summed E-state index contributed by atoms with van der Waals surface area (Å²) in [6.45, 7) is 0. The van der Waals surface area contributed by atoms with Gasteiger partial charge < -0.3 is 19.7 Å². The smallest absolute Gasteiger partial charge is 0.316 e. The van der Waals surface area contributed by atoms with Crippen molar-refractivity contribution < 1.29 is 55.4 Å². The minimum atomic E-state index is -1.17. The first kappa shape index (κ1) is 20.7. The molecule has 9 heteroatoms. The molecule has 8 nitrogen and oxygen atoms in total. The van der Waals surface area contributed by atoms with Crippen LogP contribution in [0.25, 0.3) is 0 Å². The average Bonchev–Trinajstić information content (AvgIpc) is 2.16. The molecule has 17 heavy (non-hydrogen) atoms. The minimum Gasteiger partial charge on any atom is -0.481 e. The Kier molecular flexibility index (Phi) is 15.2. The maximum Gasteiger partial charge on any atom is 0.316 e. The van der Waals surface area contributed by atoms with Gasteiger partial charge in [-0.15, -0.1) is 0 Å². The molecule has 0 aromatic heterocycles. The van der Waals surface area contributed by atoms with Gasteiger partial charge in [0.1, 0.15) is 12.8 Å². The molecule has 102 valence electrons. The van der Waals surface area contributed by atoms with Crippen LogP contribution in [-0.2, 0) is 45.1 Å². The van der Waals surface area contributed by atoms with Gasteiger partial charge in [-0.2, -0.15) is 0 Å². The first-order valence-corrected chi connectivity index (χ1v) is 3.90. The number of carboxylic acids is 2. The number of rotatable bonds is 4. The monoisotopic (exact) mass is 294 g/mol. The number of carbonyl (C=O) groups is 4. The first-order valence-electron chi connectivity index (χ1n) is 3.90. The molecule has 0 atom stereocenters. The molecule has 0 rings (SSSR count). The molecule has 0 aromatic rings. The Bertz CT molecular complexity index is 247. The van der Waals surface area contributed by atoms with E-state index in [9.17, 15) is 19.2 Å². The molecule has 0 aliphatic carbocycles. The third-order valence-electron chi connectivity index (χ3n) is 1.05. The Morgan fingerprint density at radius 1 is 0.824 bits per heavy atom. The quantitative estimate of drug-likeness (QED) is 0.394. The Morgan fingerprint density at radius 3 is 1.12 bits per heavy atom. The van der Waals surface area contributed by atoms with Crippen molar-refractivity contribution >= 4 is 23.9 Å². The fourth-order valence-corrected chi connectivity index (χ4v) is 0.391. The summed E-state index contributed by atoms with van der Waals surface area (Å²) in [5.74, 6) is -3.79. The van der Waals surface area contributed by atoms with Gasteiger partial charge in [0.15, 0.2) is 0 Å². The van der Waals surface area contributed by atoms with E-state index in [1.165, 1.54) is 0 Å². The second kappa shape index (κ2) is 12.4. The molecular formula is C8H12NiO8. The summed E-state index contributed by atoms with van der Waals surface area (Å²) >= 11 is 0. The molecule has 0 aliphatic rings. The molecule has 0 aliphatic heterocycles. The molecular weight excluding hydrogens is 283 g/mol. The molecule has 0 spiro atoms. The Balaban J connectivity index is -0.000000218. The summed E-state index contributed by atoms with van der Waals surface area (Å²) in [5, 5.41) is 15.8. The van der Waals surface area contributed by atoms with Gasteiger partial charge in [-0.1, -0.05) is 0 Å². The summed E-state index contributed by atoms with van der Waals surface area (Å²) < 4.78 is 8.08. The van der Waals surface area contributed by atoms with E-state index in [4.69, 9.17) is 10.2 Å². The normalized spacial score (nSPS) is 7.65. The predicted octanol–water partition coefficient (Wildman–Crippen LogP) is -0.734. The number of hydrogen-bond donors (Lipinski definition) is 2. The van der Waals surface area contributed by atoms with Crippen LogP contribution in [0, 0.1) is 0 Å². The van der Waals surface area contributed by atoms with Crippen molar-refractivity contribution in [1.82, 2.24) is 0 Å². The Labute approximate surface area is 107 Å². The molecule has 0 fully saturated rings. The van der Waals surface area contributed by atoms with Gasteiger partial charge in [0.2, 0.25) is 0 Å². The molecule has 0 radical (unpaired) electrons. The molecule has 2 N–H and O–H groups in total. The van der Waals surface area contributed by atoms with Gasteiger partial charge in [0, 0.05) is 16.5 Å². The van der Waals surface area contributed by atoms with E-state index in [-0.39, 0.29) is 16.5 Å². The Morgan fingerprint density at radius 2 is 1.06 bits per heavy atom. The second-order valence-corrected chi connectivity index (χ2v) is 2.29. The molecule has 0 aromatic carbocycles. The minimum absolute atomic E-state index is 0. The van der Waals surface area contributed by atoms with Crippen molar-refractivity contribution in [3.63, 3.8) is 0 Å². The fourth-order valence-electron chi connectivity index (χ4n) is 0.391. The van der Waals surface area contributed by atoms with Gasteiger partial charge in [0.05, 0.1) is 14.2 Å². The van der Waals surface area contributed by atoms with Gasteiger partial charge in [-0.05, 0) is 0 Å². The second-order valence-electron chi connectivity index (χ2n) is 2.29. The summed E-state index contributed by atoms with van der Waals surface area (Å²) in [5.41, 5.74) is 0. The van der Waals surface area contributed by atoms with Crippen LogP contribution in [0.2, 0.25) is 0 Å². The number of methoxy groups -OCH3 is 2. The van der Waals surface area contributed by atoms with Gasteiger partial charge in [0.25, 0.3) is 0 Å². The number of ether oxygens (including phenoxy) is 2. The van der Waals surface area contributed by atoms with Crippen molar-refractivity contribution in [3.8, 4) is 0 Å². The van der Waals surface area contributed by atoms with E-state index in [0.717, 1.165) is 14.2 Å². The zero-order valence-electron chi connectivity index (χ0n) is 9.07. The summed E-state index contributed by atoms with van der Waals surface area (Å²) in [4.78, 5) is 39.4. The topological polar surface area (TPSA) is 127 Å². The van der Waals surface area contributed by atoms with Crippen LogP contribution in [0.15, 0.2) is 0 Å². The van der Waals surface area contributed by atoms with E-state index < -0.39 is 36.7 Å². The average molecular weight is 295 g/mol. The molecule has 0 unspecified atom stereocenters. The third-order valence-corrected chi connectivity index (χ3v) is 1.05. The molecule has 0 bridgehead atoms. The third kappa shape index (κ3) is 20.5. The van der Waals surface area contributed by atoms with E-state index in [1.807, 2.05) is 0 Å². The number of aliphatic carboxylic acids is 2. The summed E-state index contributed by atoms with van der Waals surface area (Å²) in [6, 6.07) is 0. The zero-order chi connectivity index (χ0) is 13.1. The number of carboxylic acid groups (broad SMARTS) is 2. The Hall–Kier alpha value is -1.63. The van der Waals surface area contributed by atoms with Gasteiger partial charge in [-0.25, -0.2) is 0 Å². The van der Waals surface area contributed by atoms with Crippen molar-refractivity contribution in [1.29, 1.82) is 0 Å². The molecule has 0 amide bonds. The SMILES string of the molecule is COC(=O)CC(=O)O.COC(=O)CC(=O)O.[Ni]. The number of hydrogen-bond acceptors (Lipinski definition) is 6. The maximum atomic E-state index is 10.0. The largest absolute Gasteiger partial charge is 0.481 e. The first-order chi connectivity index (χ1) is 7.33. The molecule has 0 heterocycles. The summed E-state index contributed by atoms with van der Waals surface area (Å²) in [7, 11) is 2.29. The number of esters is 2. The molecule has 0 saturated carbocycles.